The van der Waals surface area contributed by atoms with E-state index in [4.69, 9.17) is 21.3 Å². The highest BCUT2D eigenvalue weighted by atomic mass is 35.5. The number of methoxy groups -OCH3 is 1. The van der Waals surface area contributed by atoms with E-state index in [0.29, 0.717) is 17.3 Å². The van der Waals surface area contributed by atoms with Gasteiger partial charge in [-0.1, -0.05) is 65.8 Å². The fourth-order valence-corrected chi connectivity index (χ4v) is 4.22. The molecule has 4 rings (SSSR count). The highest BCUT2D eigenvalue weighted by Gasteiger charge is 2.14. The summed E-state index contributed by atoms with van der Waals surface area (Å²) in [4.78, 5) is 17.1. The Balaban J connectivity index is 1.46. The summed E-state index contributed by atoms with van der Waals surface area (Å²) in [6.07, 6.45) is 1.56. The molecule has 0 bridgehead atoms. The number of benzene rings is 3. The van der Waals surface area contributed by atoms with E-state index in [9.17, 15) is 4.79 Å². The molecule has 0 radical (unpaired) electrons. The van der Waals surface area contributed by atoms with Crippen molar-refractivity contribution in [1.29, 1.82) is 0 Å². The second kappa shape index (κ2) is 10.3. The Morgan fingerprint density at radius 3 is 2.72 bits per heavy atom. The molecule has 0 aliphatic heterocycles. The van der Waals surface area contributed by atoms with Gasteiger partial charge in [0.25, 0.3) is 5.91 Å². The number of amides is 1. The molecular weight excluding hydrogens is 444 g/mol. The van der Waals surface area contributed by atoms with E-state index in [2.05, 4.69) is 15.1 Å². The number of ether oxygens (including phenoxy) is 1. The Morgan fingerprint density at radius 2 is 1.88 bits per heavy atom. The summed E-state index contributed by atoms with van der Waals surface area (Å²) in [7, 11) is 1.59. The van der Waals surface area contributed by atoms with Crippen LogP contribution in [0.1, 0.15) is 11.1 Å². The third-order valence-electron chi connectivity index (χ3n) is 4.77. The van der Waals surface area contributed by atoms with Crippen molar-refractivity contribution in [2.45, 2.75) is 11.7 Å². The molecule has 0 aliphatic rings. The maximum atomic E-state index is 12.4. The van der Waals surface area contributed by atoms with Crippen LogP contribution in [0.5, 0.6) is 5.75 Å². The molecule has 8 heteroatoms. The van der Waals surface area contributed by atoms with Crippen molar-refractivity contribution < 1.29 is 9.53 Å². The number of rotatable bonds is 8. The van der Waals surface area contributed by atoms with Gasteiger partial charge in [-0.3, -0.25) is 4.79 Å². The molecule has 1 N–H and O–H groups in total. The molecule has 0 saturated heterocycles. The number of thioether (sulfide) groups is 1. The van der Waals surface area contributed by atoms with Crippen LogP contribution in [0.2, 0.25) is 5.02 Å². The lowest BCUT2D eigenvalue weighted by molar-refractivity contribution is -0.118. The average Bonchev–Trinajstić information content (AvgIpc) is 3.17. The summed E-state index contributed by atoms with van der Waals surface area (Å²) in [5.74, 6) is 0.639. The third-order valence-corrected chi connectivity index (χ3v) is 6.12. The third kappa shape index (κ3) is 5.12. The number of hydrogen-bond acceptors (Lipinski definition) is 5. The second-order valence-corrected chi connectivity index (χ2v) is 8.23. The lowest BCUT2D eigenvalue weighted by atomic mass is 10.2. The lowest BCUT2D eigenvalue weighted by Crippen LogP contribution is -2.20. The summed E-state index contributed by atoms with van der Waals surface area (Å²) in [6.45, 7) is 0.566. The Morgan fingerprint density at radius 1 is 1.12 bits per heavy atom. The van der Waals surface area contributed by atoms with Crippen molar-refractivity contribution in [3.8, 4) is 5.75 Å². The normalized spacial score (nSPS) is 11.2. The van der Waals surface area contributed by atoms with Gasteiger partial charge in [-0.25, -0.2) is 10.4 Å². The van der Waals surface area contributed by atoms with E-state index in [1.807, 2.05) is 72.8 Å². The zero-order chi connectivity index (χ0) is 22.3. The molecule has 1 amide bonds. The zero-order valence-electron chi connectivity index (χ0n) is 17.4. The van der Waals surface area contributed by atoms with Crippen molar-refractivity contribution in [3.05, 3.63) is 88.9 Å². The Hall–Kier alpha value is -3.29. The standard InChI is InChI=1S/C24H21ClN4O2S/c1-31-22-13-7-3-8-17(22)14-26-28-23(30)16-32-24-27-20-11-5-6-12-21(20)29(24)15-18-9-2-4-10-19(18)25/h2-14H,15-16H2,1H3,(H,28,30). The number of nitrogens with zero attached hydrogens (tertiary/aromatic N) is 3. The van der Waals surface area contributed by atoms with Gasteiger partial charge in [0, 0.05) is 10.6 Å². The van der Waals surface area contributed by atoms with E-state index in [1.54, 1.807) is 13.3 Å². The van der Waals surface area contributed by atoms with Crippen molar-refractivity contribution in [3.63, 3.8) is 0 Å². The molecule has 0 saturated carbocycles. The van der Waals surface area contributed by atoms with E-state index in [1.165, 1.54) is 11.8 Å². The minimum atomic E-state index is -0.225. The minimum Gasteiger partial charge on any atom is -0.496 e. The largest absolute Gasteiger partial charge is 0.496 e. The van der Waals surface area contributed by atoms with Gasteiger partial charge in [0.2, 0.25) is 0 Å². The van der Waals surface area contributed by atoms with Crippen LogP contribution in [0.15, 0.2) is 83.1 Å². The Bertz CT molecular complexity index is 1270. The van der Waals surface area contributed by atoms with Crippen LogP contribution >= 0.6 is 23.4 Å². The number of carbonyl (C=O) groups is 1. The van der Waals surface area contributed by atoms with Gasteiger partial charge in [0.15, 0.2) is 5.16 Å². The quantitative estimate of drug-likeness (QED) is 0.226. The number of hydrazone groups is 1. The first-order valence-corrected chi connectivity index (χ1v) is 11.3. The summed E-state index contributed by atoms with van der Waals surface area (Å²) >= 11 is 7.73. The first kappa shape index (κ1) is 21.9. The monoisotopic (exact) mass is 464 g/mol. The van der Waals surface area contributed by atoms with E-state index in [0.717, 1.165) is 27.3 Å². The molecule has 0 fully saturated rings. The number of para-hydroxylation sites is 3. The van der Waals surface area contributed by atoms with Crippen molar-refractivity contribution >= 4 is 46.5 Å². The van der Waals surface area contributed by atoms with Gasteiger partial charge in [0.05, 0.1) is 36.7 Å². The number of hydrogen-bond donors (Lipinski definition) is 1. The predicted octanol–water partition coefficient (Wildman–Crippen LogP) is 4.99. The van der Waals surface area contributed by atoms with Crippen molar-refractivity contribution in [1.82, 2.24) is 15.0 Å². The summed E-state index contributed by atoms with van der Waals surface area (Å²) in [5.41, 5.74) is 6.20. The van der Waals surface area contributed by atoms with E-state index >= 15 is 0 Å². The molecule has 0 unspecified atom stereocenters. The topological polar surface area (TPSA) is 68.5 Å². The highest BCUT2D eigenvalue weighted by molar-refractivity contribution is 7.99. The SMILES string of the molecule is COc1ccccc1C=NNC(=O)CSc1nc2ccccc2n1Cc1ccccc1Cl. The Labute approximate surface area is 195 Å². The first-order chi connectivity index (χ1) is 15.7. The molecule has 0 aliphatic carbocycles. The summed E-state index contributed by atoms with van der Waals surface area (Å²) < 4.78 is 7.35. The van der Waals surface area contributed by atoms with Gasteiger partial charge in [-0.05, 0) is 35.9 Å². The van der Waals surface area contributed by atoms with Crippen LogP contribution in [-0.4, -0.2) is 34.5 Å². The van der Waals surface area contributed by atoms with E-state index < -0.39 is 0 Å². The summed E-state index contributed by atoms with van der Waals surface area (Å²) in [5, 5.41) is 5.49. The van der Waals surface area contributed by atoms with Gasteiger partial charge < -0.3 is 9.30 Å². The van der Waals surface area contributed by atoms with Gasteiger partial charge in [-0.15, -0.1) is 0 Å². The smallest absolute Gasteiger partial charge is 0.250 e. The summed E-state index contributed by atoms with van der Waals surface area (Å²) in [6, 6.07) is 23.1. The predicted molar refractivity (Wildman–Crippen MR) is 130 cm³/mol. The van der Waals surface area contributed by atoms with Crippen LogP contribution in [0.25, 0.3) is 11.0 Å². The maximum absolute atomic E-state index is 12.4. The average molecular weight is 465 g/mol. The number of fused-ring (bicyclic) bond motifs is 1. The fraction of sp³-hybridized carbons (Fsp3) is 0.125. The molecule has 1 aromatic heterocycles. The molecule has 162 valence electrons. The number of imidazole rings is 1. The lowest BCUT2D eigenvalue weighted by Gasteiger charge is -2.10. The number of carbonyl (C=O) groups excluding carboxylic acids is 1. The van der Waals surface area contributed by atoms with Crippen LogP contribution in [-0.2, 0) is 11.3 Å². The minimum absolute atomic E-state index is 0.176. The molecule has 4 aromatic rings. The molecule has 0 spiro atoms. The van der Waals surface area contributed by atoms with E-state index in [-0.39, 0.29) is 11.7 Å². The number of nitrogens with one attached hydrogen (secondary N) is 1. The molecule has 3 aromatic carbocycles. The zero-order valence-corrected chi connectivity index (χ0v) is 18.9. The highest BCUT2D eigenvalue weighted by Crippen LogP contribution is 2.27. The van der Waals surface area contributed by atoms with Crippen molar-refractivity contribution in [2.75, 3.05) is 12.9 Å². The molecule has 6 nitrogen and oxygen atoms in total. The first-order valence-electron chi connectivity index (χ1n) is 9.92. The van der Waals surface area contributed by atoms with Gasteiger partial charge in [0.1, 0.15) is 5.75 Å². The van der Waals surface area contributed by atoms with Crippen LogP contribution in [0.3, 0.4) is 0 Å². The van der Waals surface area contributed by atoms with Gasteiger partial charge in [-0.2, -0.15) is 5.10 Å². The van der Waals surface area contributed by atoms with Gasteiger partial charge >= 0.3 is 0 Å². The molecule has 1 heterocycles. The number of halogens is 1. The van der Waals surface area contributed by atoms with Crippen molar-refractivity contribution in [2.24, 2.45) is 5.10 Å². The number of aromatic nitrogens is 2. The molecule has 32 heavy (non-hydrogen) atoms. The second-order valence-electron chi connectivity index (χ2n) is 6.88. The van der Waals surface area contributed by atoms with Crippen LogP contribution in [0.4, 0.5) is 0 Å². The molecule has 0 atom stereocenters. The fourth-order valence-electron chi connectivity index (χ4n) is 3.22. The van der Waals surface area contributed by atoms with Crippen LogP contribution in [0, 0.1) is 0 Å². The molecular formula is C24H21ClN4O2S. The Kier molecular flexibility index (Phi) is 7.09. The van der Waals surface area contributed by atoms with Crippen LogP contribution < -0.4 is 10.2 Å². The maximum Gasteiger partial charge on any atom is 0.250 e.